The van der Waals surface area contributed by atoms with Crippen molar-refractivity contribution in [3.05, 3.63) is 41.1 Å². The number of nitrogens with one attached hydrogen (secondary N) is 2. The van der Waals surface area contributed by atoms with Crippen molar-refractivity contribution in [2.75, 3.05) is 28.7 Å². The zero-order chi connectivity index (χ0) is 26.7. The molecule has 0 bridgehead atoms. The number of nitrogens with zero attached hydrogens (tertiary/aromatic N) is 5. The summed E-state index contributed by atoms with van der Waals surface area (Å²) >= 11 is 0. The minimum atomic E-state index is -0.977. The van der Waals surface area contributed by atoms with Crippen molar-refractivity contribution < 1.29 is 14.6 Å². The first kappa shape index (κ1) is 26.7. The highest BCUT2D eigenvalue weighted by Gasteiger charge is 2.28. The SMILES string of the molecule is CCc1ccc(N(C(=O)O)C(C)(C)C)cc1CNc1nc(NC2CCOCC2)nc2c(C(C)C)cnn12. The molecule has 0 saturated carbocycles. The number of aromatic nitrogens is 4. The van der Waals surface area contributed by atoms with Crippen LogP contribution in [0.2, 0.25) is 0 Å². The van der Waals surface area contributed by atoms with Gasteiger partial charge in [-0.2, -0.15) is 19.6 Å². The van der Waals surface area contributed by atoms with E-state index in [1.54, 1.807) is 4.52 Å². The smallest absolute Gasteiger partial charge is 0.412 e. The van der Waals surface area contributed by atoms with Crippen molar-refractivity contribution in [2.24, 2.45) is 0 Å². The molecule has 0 unspecified atom stereocenters. The third-order valence-electron chi connectivity index (χ3n) is 6.70. The molecule has 37 heavy (non-hydrogen) atoms. The molecule has 4 rings (SSSR count). The molecule has 1 aliphatic rings. The van der Waals surface area contributed by atoms with Crippen LogP contribution in [0.5, 0.6) is 0 Å². The topological polar surface area (TPSA) is 117 Å². The number of benzene rings is 1. The van der Waals surface area contributed by atoms with Crippen LogP contribution in [-0.4, -0.2) is 55.6 Å². The lowest BCUT2D eigenvalue weighted by Gasteiger charge is -2.33. The van der Waals surface area contributed by atoms with E-state index in [4.69, 9.17) is 14.7 Å². The first-order chi connectivity index (χ1) is 17.6. The van der Waals surface area contributed by atoms with Crippen LogP contribution in [0.15, 0.2) is 24.4 Å². The molecule has 1 amide bonds. The fourth-order valence-electron chi connectivity index (χ4n) is 4.73. The van der Waals surface area contributed by atoms with E-state index in [0.717, 1.165) is 54.8 Å². The third kappa shape index (κ3) is 5.95. The largest absolute Gasteiger partial charge is 0.465 e. The molecule has 1 aromatic carbocycles. The fraction of sp³-hybridized carbons (Fsp3) is 0.556. The first-order valence-corrected chi connectivity index (χ1v) is 13.1. The molecule has 3 aromatic rings. The molecule has 1 aliphatic heterocycles. The minimum absolute atomic E-state index is 0.261. The van der Waals surface area contributed by atoms with Gasteiger partial charge in [0.2, 0.25) is 11.9 Å². The molecule has 3 heterocycles. The maximum atomic E-state index is 12.1. The Balaban J connectivity index is 1.68. The predicted octanol–water partition coefficient (Wildman–Crippen LogP) is 5.30. The predicted molar refractivity (Wildman–Crippen MR) is 146 cm³/mol. The molecular weight excluding hydrogens is 470 g/mol. The Labute approximate surface area is 218 Å². The summed E-state index contributed by atoms with van der Waals surface area (Å²) in [5.74, 6) is 1.42. The van der Waals surface area contributed by atoms with Crippen molar-refractivity contribution >= 4 is 29.3 Å². The number of anilines is 3. The Morgan fingerprint density at radius 3 is 2.57 bits per heavy atom. The Morgan fingerprint density at radius 1 is 1.22 bits per heavy atom. The Kier molecular flexibility index (Phi) is 7.87. The van der Waals surface area contributed by atoms with Crippen LogP contribution < -0.4 is 15.5 Å². The maximum Gasteiger partial charge on any atom is 0.412 e. The zero-order valence-electron chi connectivity index (χ0n) is 22.7. The molecule has 0 atom stereocenters. The van der Waals surface area contributed by atoms with E-state index < -0.39 is 11.6 Å². The molecule has 10 nitrogen and oxygen atoms in total. The van der Waals surface area contributed by atoms with Crippen molar-refractivity contribution in [3.63, 3.8) is 0 Å². The standard InChI is InChI=1S/C27H39N7O3/c1-7-18-8-9-21(33(26(35)36)27(4,5)6)14-19(18)15-28-25-32-24(30-20-10-12-37-13-11-20)31-23-22(17(2)3)16-29-34(23)25/h8-9,14,16-17,20H,7,10-13,15H2,1-6H3,(H,35,36)(H2,28,30,31,32). The summed E-state index contributed by atoms with van der Waals surface area (Å²) < 4.78 is 7.24. The summed E-state index contributed by atoms with van der Waals surface area (Å²) in [6.07, 6.45) is 3.52. The Bertz CT molecular complexity index is 1240. The maximum absolute atomic E-state index is 12.1. The van der Waals surface area contributed by atoms with E-state index in [2.05, 4.69) is 36.5 Å². The van der Waals surface area contributed by atoms with Crippen molar-refractivity contribution in [1.82, 2.24) is 19.6 Å². The lowest BCUT2D eigenvalue weighted by Crippen LogP contribution is -2.45. The van der Waals surface area contributed by atoms with Crippen LogP contribution in [0.4, 0.5) is 22.4 Å². The van der Waals surface area contributed by atoms with Gasteiger partial charge in [0.1, 0.15) is 0 Å². The average molecular weight is 510 g/mol. The van der Waals surface area contributed by atoms with Crippen LogP contribution in [-0.2, 0) is 17.7 Å². The number of hydrogen-bond acceptors (Lipinski definition) is 7. The molecule has 0 radical (unpaired) electrons. The van der Waals surface area contributed by atoms with E-state index in [-0.39, 0.29) is 12.0 Å². The monoisotopic (exact) mass is 509 g/mol. The highest BCUT2D eigenvalue weighted by Crippen LogP contribution is 2.28. The number of carbonyl (C=O) groups is 1. The summed E-state index contributed by atoms with van der Waals surface area (Å²) in [6.45, 7) is 13.9. The summed E-state index contributed by atoms with van der Waals surface area (Å²) in [7, 11) is 0. The molecule has 3 N–H and O–H groups in total. The molecule has 1 saturated heterocycles. The van der Waals surface area contributed by atoms with Crippen LogP contribution in [0.3, 0.4) is 0 Å². The molecule has 0 spiro atoms. The summed E-state index contributed by atoms with van der Waals surface area (Å²) in [5.41, 5.74) is 4.05. The van der Waals surface area contributed by atoms with Gasteiger partial charge in [0, 0.05) is 42.6 Å². The number of ether oxygens (including phenoxy) is 1. The van der Waals surface area contributed by atoms with Gasteiger partial charge in [0.25, 0.3) is 0 Å². The van der Waals surface area contributed by atoms with E-state index in [1.807, 2.05) is 45.2 Å². The normalized spacial score (nSPS) is 14.8. The number of amides is 1. The van der Waals surface area contributed by atoms with Gasteiger partial charge >= 0.3 is 6.09 Å². The lowest BCUT2D eigenvalue weighted by molar-refractivity contribution is 0.0903. The Morgan fingerprint density at radius 2 is 1.95 bits per heavy atom. The molecule has 200 valence electrons. The summed E-state index contributed by atoms with van der Waals surface area (Å²) in [4.78, 5) is 23.1. The van der Waals surface area contributed by atoms with Crippen LogP contribution >= 0.6 is 0 Å². The van der Waals surface area contributed by atoms with Gasteiger partial charge in [0.15, 0.2) is 5.65 Å². The molecule has 1 fully saturated rings. The number of carboxylic acid groups (broad SMARTS) is 1. The number of fused-ring (bicyclic) bond motifs is 1. The first-order valence-electron chi connectivity index (χ1n) is 13.1. The third-order valence-corrected chi connectivity index (χ3v) is 6.70. The molecular formula is C27H39N7O3. The van der Waals surface area contributed by atoms with Gasteiger partial charge in [0.05, 0.1) is 6.20 Å². The van der Waals surface area contributed by atoms with Gasteiger partial charge in [-0.3, -0.25) is 4.90 Å². The Hall–Kier alpha value is -3.40. The van der Waals surface area contributed by atoms with Crippen molar-refractivity contribution in [1.29, 1.82) is 0 Å². The van der Waals surface area contributed by atoms with Gasteiger partial charge in [-0.15, -0.1) is 0 Å². The fourth-order valence-corrected chi connectivity index (χ4v) is 4.73. The van der Waals surface area contributed by atoms with Crippen LogP contribution in [0, 0.1) is 0 Å². The summed E-state index contributed by atoms with van der Waals surface area (Å²) in [6, 6.07) is 6.10. The van der Waals surface area contributed by atoms with Crippen LogP contribution in [0.1, 0.15) is 77.0 Å². The second kappa shape index (κ2) is 10.9. The molecule has 0 aliphatic carbocycles. The zero-order valence-corrected chi connectivity index (χ0v) is 22.7. The van der Waals surface area contributed by atoms with Gasteiger partial charge in [-0.05, 0) is 69.2 Å². The highest BCUT2D eigenvalue weighted by atomic mass is 16.5. The number of hydrogen-bond donors (Lipinski definition) is 3. The number of rotatable bonds is 8. The van der Waals surface area contributed by atoms with Gasteiger partial charge in [-0.1, -0.05) is 26.8 Å². The van der Waals surface area contributed by atoms with Crippen molar-refractivity contribution in [3.8, 4) is 0 Å². The second-order valence-electron chi connectivity index (χ2n) is 10.8. The van der Waals surface area contributed by atoms with Gasteiger partial charge in [-0.25, -0.2) is 4.79 Å². The quantitative estimate of drug-likeness (QED) is 0.375. The minimum Gasteiger partial charge on any atom is -0.465 e. The highest BCUT2D eigenvalue weighted by molar-refractivity contribution is 5.87. The van der Waals surface area contributed by atoms with E-state index in [0.29, 0.717) is 24.1 Å². The van der Waals surface area contributed by atoms with Crippen LogP contribution in [0.25, 0.3) is 5.65 Å². The summed E-state index contributed by atoms with van der Waals surface area (Å²) in [5, 5.41) is 21.4. The van der Waals surface area contributed by atoms with E-state index in [9.17, 15) is 9.90 Å². The number of aryl methyl sites for hydroxylation is 1. The molecule has 10 heteroatoms. The second-order valence-corrected chi connectivity index (χ2v) is 10.8. The van der Waals surface area contributed by atoms with Gasteiger partial charge < -0.3 is 20.5 Å². The van der Waals surface area contributed by atoms with E-state index in [1.165, 1.54) is 4.90 Å². The van der Waals surface area contributed by atoms with E-state index >= 15 is 0 Å². The molecule has 2 aromatic heterocycles. The average Bonchev–Trinajstić information content (AvgIpc) is 3.26. The lowest BCUT2D eigenvalue weighted by atomic mass is 10.0. The van der Waals surface area contributed by atoms with Crippen molar-refractivity contribution in [2.45, 2.75) is 84.8 Å².